The van der Waals surface area contributed by atoms with Gasteiger partial charge in [0.05, 0.1) is 14.2 Å². The van der Waals surface area contributed by atoms with Gasteiger partial charge in [0, 0.05) is 34.9 Å². The fraction of sp³-hybridized carbons (Fsp3) is 0.429. The van der Waals surface area contributed by atoms with Crippen LogP contribution in [0.2, 0.25) is 0 Å². The lowest BCUT2D eigenvalue weighted by Gasteiger charge is -2.42. The third-order valence-electron chi connectivity index (χ3n) is 5.18. The highest BCUT2D eigenvalue weighted by atomic mass is 16.5. The fourth-order valence-electron chi connectivity index (χ4n) is 4.11. The van der Waals surface area contributed by atoms with Crippen LogP contribution in [-0.2, 0) is 14.3 Å². The number of allylic oxidation sites excluding steroid dienone is 2. The highest BCUT2D eigenvalue weighted by Gasteiger charge is 2.47. The highest BCUT2D eigenvalue weighted by Crippen LogP contribution is 2.49. The molecular formula is C21H25NO4. The number of carbonyl (C=O) groups excluding carboxylic acids is 2. The number of ether oxygens (including phenoxy) is 2. The first-order chi connectivity index (χ1) is 12.3. The second-order valence-electron chi connectivity index (χ2n) is 7.70. The van der Waals surface area contributed by atoms with E-state index in [0.717, 1.165) is 17.7 Å². The molecular weight excluding hydrogens is 330 g/mol. The molecule has 1 aliphatic carbocycles. The molecule has 0 saturated carbocycles. The van der Waals surface area contributed by atoms with E-state index in [1.165, 1.54) is 7.11 Å². The minimum Gasteiger partial charge on any atom is -0.496 e. The third kappa shape index (κ3) is 3.02. The Hall–Kier alpha value is -2.56. The molecule has 0 aromatic heterocycles. The quantitative estimate of drug-likeness (QED) is 0.843. The van der Waals surface area contributed by atoms with Crippen LogP contribution in [-0.4, -0.2) is 26.0 Å². The number of benzene rings is 1. The van der Waals surface area contributed by atoms with Gasteiger partial charge in [0.25, 0.3) is 0 Å². The standard InChI is InChI=1S/C21H25NO4/c1-12-17(20(24)26-5)18(13-8-6-7-9-16(13)25-4)19-14(22-12)10-21(2,3)11-15(19)23/h6-9,17-18,22H,1,10-11H2,2-5H3. The summed E-state index contributed by atoms with van der Waals surface area (Å²) in [5, 5.41) is 3.23. The Morgan fingerprint density at radius 3 is 2.58 bits per heavy atom. The van der Waals surface area contributed by atoms with E-state index < -0.39 is 17.8 Å². The van der Waals surface area contributed by atoms with Crippen LogP contribution in [0.5, 0.6) is 5.75 Å². The summed E-state index contributed by atoms with van der Waals surface area (Å²) >= 11 is 0. The number of hydrogen-bond acceptors (Lipinski definition) is 5. The number of rotatable bonds is 3. The largest absolute Gasteiger partial charge is 0.496 e. The van der Waals surface area contributed by atoms with Gasteiger partial charge in [0.2, 0.25) is 0 Å². The molecule has 5 heteroatoms. The number of nitrogens with one attached hydrogen (secondary N) is 1. The number of carbonyl (C=O) groups is 2. The molecule has 1 heterocycles. The molecule has 0 radical (unpaired) electrons. The number of hydrogen-bond donors (Lipinski definition) is 1. The van der Waals surface area contributed by atoms with Crippen molar-refractivity contribution in [1.82, 2.24) is 5.32 Å². The van der Waals surface area contributed by atoms with Crippen LogP contribution in [0.25, 0.3) is 0 Å². The van der Waals surface area contributed by atoms with Crippen LogP contribution in [0.1, 0.15) is 38.2 Å². The van der Waals surface area contributed by atoms with Gasteiger partial charge in [-0.15, -0.1) is 0 Å². The Kier molecular flexibility index (Phi) is 4.65. The molecule has 0 saturated heterocycles. The molecule has 1 aromatic rings. The van der Waals surface area contributed by atoms with Crippen molar-refractivity contribution in [2.75, 3.05) is 14.2 Å². The number of methoxy groups -OCH3 is 2. The first kappa shape index (κ1) is 18.2. The van der Waals surface area contributed by atoms with Crippen LogP contribution in [0, 0.1) is 11.3 Å². The molecule has 0 amide bonds. The average molecular weight is 355 g/mol. The zero-order valence-corrected chi connectivity index (χ0v) is 15.7. The van der Waals surface area contributed by atoms with Gasteiger partial charge in [-0.3, -0.25) is 9.59 Å². The van der Waals surface area contributed by atoms with Gasteiger partial charge in [0.1, 0.15) is 11.7 Å². The van der Waals surface area contributed by atoms with E-state index >= 15 is 0 Å². The van der Waals surface area contributed by atoms with Crippen molar-refractivity contribution in [2.45, 2.75) is 32.6 Å². The van der Waals surface area contributed by atoms with Crippen LogP contribution in [0.3, 0.4) is 0 Å². The number of ketones is 1. The molecule has 1 aliphatic heterocycles. The highest BCUT2D eigenvalue weighted by molar-refractivity contribution is 6.01. The van der Waals surface area contributed by atoms with Crippen molar-refractivity contribution in [3.63, 3.8) is 0 Å². The molecule has 0 fully saturated rings. The molecule has 5 nitrogen and oxygen atoms in total. The lowest BCUT2D eigenvalue weighted by molar-refractivity contribution is -0.144. The summed E-state index contributed by atoms with van der Waals surface area (Å²) < 4.78 is 10.5. The van der Waals surface area contributed by atoms with E-state index in [1.807, 2.05) is 24.3 Å². The molecule has 1 N–H and O–H groups in total. The smallest absolute Gasteiger partial charge is 0.315 e. The van der Waals surface area contributed by atoms with Gasteiger partial charge >= 0.3 is 5.97 Å². The van der Waals surface area contributed by atoms with Gasteiger partial charge in [-0.05, 0) is 17.9 Å². The fourth-order valence-corrected chi connectivity index (χ4v) is 4.11. The Labute approximate surface area is 154 Å². The predicted octanol–water partition coefficient (Wildman–Crippen LogP) is 3.33. The molecule has 1 aromatic carbocycles. The molecule has 138 valence electrons. The minimum atomic E-state index is -0.680. The number of Topliss-reactive ketones (excluding diaryl/α,β-unsaturated/α-hetero) is 1. The molecule has 0 spiro atoms. The van der Waals surface area contributed by atoms with Crippen molar-refractivity contribution in [1.29, 1.82) is 0 Å². The van der Waals surface area contributed by atoms with E-state index in [0.29, 0.717) is 23.4 Å². The lowest BCUT2D eigenvalue weighted by Crippen LogP contribution is -2.43. The first-order valence-corrected chi connectivity index (χ1v) is 8.72. The van der Waals surface area contributed by atoms with Crippen molar-refractivity contribution in [3.8, 4) is 5.75 Å². The second-order valence-corrected chi connectivity index (χ2v) is 7.70. The van der Waals surface area contributed by atoms with Crippen molar-refractivity contribution in [3.05, 3.63) is 53.4 Å². The zero-order chi connectivity index (χ0) is 19.1. The Morgan fingerprint density at radius 2 is 1.92 bits per heavy atom. The van der Waals surface area contributed by atoms with Gasteiger partial charge < -0.3 is 14.8 Å². The van der Waals surface area contributed by atoms with E-state index in [-0.39, 0.29) is 11.2 Å². The molecule has 2 atom stereocenters. The summed E-state index contributed by atoms with van der Waals surface area (Å²) in [6.45, 7) is 8.21. The molecule has 0 bridgehead atoms. The molecule has 2 unspecified atom stereocenters. The second kappa shape index (κ2) is 6.63. The lowest BCUT2D eigenvalue weighted by atomic mass is 9.66. The van der Waals surface area contributed by atoms with Crippen molar-refractivity contribution < 1.29 is 19.1 Å². The van der Waals surface area contributed by atoms with E-state index in [2.05, 4.69) is 25.7 Å². The molecule has 26 heavy (non-hydrogen) atoms. The Balaban J connectivity index is 2.23. The zero-order valence-electron chi connectivity index (χ0n) is 15.7. The summed E-state index contributed by atoms with van der Waals surface area (Å²) in [6.07, 6.45) is 1.17. The number of para-hydroxylation sites is 1. The predicted molar refractivity (Wildman–Crippen MR) is 98.6 cm³/mol. The third-order valence-corrected chi connectivity index (χ3v) is 5.18. The van der Waals surface area contributed by atoms with E-state index in [9.17, 15) is 9.59 Å². The Morgan fingerprint density at radius 1 is 1.23 bits per heavy atom. The van der Waals surface area contributed by atoms with Crippen LogP contribution in [0.4, 0.5) is 0 Å². The van der Waals surface area contributed by atoms with Crippen molar-refractivity contribution in [2.24, 2.45) is 11.3 Å². The SMILES string of the molecule is C=C1NC2=C(C(=O)CC(C)(C)C2)C(c2ccccc2OC)C1C(=O)OC. The topological polar surface area (TPSA) is 64.6 Å². The molecule has 3 rings (SSSR count). The maximum Gasteiger partial charge on any atom is 0.315 e. The van der Waals surface area contributed by atoms with Gasteiger partial charge in [0.15, 0.2) is 5.78 Å². The molecule has 2 aliphatic rings. The maximum absolute atomic E-state index is 13.1. The normalized spacial score (nSPS) is 24.6. The van der Waals surface area contributed by atoms with Crippen LogP contribution >= 0.6 is 0 Å². The Bertz CT molecular complexity index is 806. The summed E-state index contributed by atoms with van der Waals surface area (Å²) in [7, 11) is 2.94. The minimum absolute atomic E-state index is 0.0565. The van der Waals surface area contributed by atoms with Crippen LogP contribution < -0.4 is 10.1 Å². The average Bonchev–Trinajstić information content (AvgIpc) is 2.58. The summed E-state index contributed by atoms with van der Waals surface area (Å²) in [5.74, 6) is -0.861. The van der Waals surface area contributed by atoms with Gasteiger partial charge in [-0.2, -0.15) is 0 Å². The summed E-state index contributed by atoms with van der Waals surface area (Å²) in [6, 6.07) is 7.49. The van der Waals surface area contributed by atoms with Crippen molar-refractivity contribution >= 4 is 11.8 Å². The summed E-state index contributed by atoms with van der Waals surface area (Å²) in [4.78, 5) is 25.6. The van der Waals surface area contributed by atoms with E-state index in [4.69, 9.17) is 9.47 Å². The van der Waals surface area contributed by atoms with Crippen LogP contribution in [0.15, 0.2) is 47.8 Å². The first-order valence-electron chi connectivity index (χ1n) is 8.72. The van der Waals surface area contributed by atoms with Gasteiger partial charge in [-0.1, -0.05) is 38.6 Å². The monoisotopic (exact) mass is 355 g/mol. The summed E-state index contributed by atoms with van der Waals surface area (Å²) in [5.41, 5.74) is 2.72. The van der Waals surface area contributed by atoms with E-state index in [1.54, 1.807) is 7.11 Å². The van der Waals surface area contributed by atoms with Gasteiger partial charge in [-0.25, -0.2) is 0 Å². The maximum atomic E-state index is 13.1. The number of esters is 1.